The van der Waals surface area contributed by atoms with Crippen molar-refractivity contribution in [2.75, 3.05) is 5.32 Å². The summed E-state index contributed by atoms with van der Waals surface area (Å²) in [4.78, 5) is 36.2. The number of esters is 1. The average molecular weight is 337 g/mol. The van der Waals surface area contributed by atoms with Crippen LogP contribution in [0.1, 0.15) is 43.9 Å². The molecule has 2 heterocycles. The van der Waals surface area contributed by atoms with E-state index in [0.717, 1.165) is 25.7 Å². The molecule has 7 heteroatoms. The highest BCUT2D eigenvalue weighted by Crippen LogP contribution is 2.43. The quantitative estimate of drug-likeness (QED) is 0.653. The molecule has 6 nitrogen and oxygen atoms in total. The molecule has 1 amide bonds. The lowest BCUT2D eigenvalue weighted by Gasteiger charge is -2.26. The Morgan fingerprint density at radius 3 is 2.70 bits per heavy atom. The fourth-order valence-electron chi connectivity index (χ4n) is 3.04. The maximum absolute atomic E-state index is 12.3. The van der Waals surface area contributed by atoms with E-state index in [1.807, 2.05) is 0 Å². The second-order valence-corrected chi connectivity index (χ2v) is 7.56. The van der Waals surface area contributed by atoms with E-state index in [4.69, 9.17) is 4.74 Å². The summed E-state index contributed by atoms with van der Waals surface area (Å²) in [7, 11) is 0. The molecular formula is C16H19NO5S. The van der Waals surface area contributed by atoms with Gasteiger partial charge in [-0.25, -0.2) is 0 Å². The van der Waals surface area contributed by atoms with Crippen LogP contribution in [0.25, 0.3) is 0 Å². The van der Waals surface area contributed by atoms with Crippen molar-refractivity contribution in [1.82, 2.24) is 0 Å². The Labute approximate surface area is 137 Å². The van der Waals surface area contributed by atoms with Crippen molar-refractivity contribution in [3.05, 3.63) is 10.9 Å². The number of hydrogen-bond acceptors (Lipinski definition) is 5. The highest BCUT2D eigenvalue weighted by atomic mass is 32.1. The third-order valence-corrected chi connectivity index (χ3v) is 5.66. The maximum Gasteiger partial charge on any atom is 0.329 e. The zero-order valence-electron chi connectivity index (χ0n) is 12.9. The summed E-state index contributed by atoms with van der Waals surface area (Å²) in [6.45, 7) is 1.36. The van der Waals surface area contributed by atoms with Crippen molar-refractivity contribution >= 4 is 34.2 Å². The van der Waals surface area contributed by atoms with Crippen LogP contribution >= 0.6 is 11.3 Å². The van der Waals surface area contributed by atoms with Gasteiger partial charge < -0.3 is 15.2 Å². The molecule has 1 aromatic heterocycles. The van der Waals surface area contributed by atoms with Crippen LogP contribution in [0, 0.1) is 11.3 Å². The van der Waals surface area contributed by atoms with Gasteiger partial charge >= 0.3 is 11.9 Å². The van der Waals surface area contributed by atoms with Crippen LogP contribution in [0.15, 0.2) is 6.07 Å². The maximum atomic E-state index is 12.3. The van der Waals surface area contributed by atoms with Crippen molar-refractivity contribution in [2.24, 2.45) is 11.3 Å². The number of carboxylic acid groups (broad SMARTS) is 1. The number of carboxylic acids is 1. The fourth-order valence-corrected chi connectivity index (χ4v) is 4.19. The minimum absolute atomic E-state index is 0.00406. The number of amides is 1. The highest BCUT2D eigenvalue weighted by Gasteiger charge is 2.48. The third kappa shape index (κ3) is 2.97. The van der Waals surface area contributed by atoms with E-state index in [2.05, 4.69) is 5.32 Å². The van der Waals surface area contributed by atoms with Crippen LogP contribution in [0.5, 0.6) is 5.75 Å². The molecular weight excluding hydrogens is 318 g/mol. The van der Waals surface area contributed by atoms with Crippen LogP contribution in [-0.4, -0.2) is 23.0 Å². The van der Waals surface area contributed by atoms with Gasteiger partial charge in [-0.15, -0.1) is 11.3 Å². The summed E-state index contributed by atoms with van der Waals surface area (Å²) in [5.41, 5.74) is -1.57. The van der Waals surface area contributed by atoms with Gasteiger partial charge in [0.2, 0.25) is 5.91 Å². The Morgan fingerprint density at radius 2 is 2.04 bits per heavy atom. The molecule has 2 aliphatic rings. The van der Waals surface area contributed by atoms with Crippen molar-refractivity contribution in [2.45, 2.75) is 45.4 Å². The van der Waals surface area contributed by atoms with Gasteiger partial charge in [-0.3, -0.25) is 14.4 Å². The molecule has 1 fully saturated rings. The molecule has 0 spiro atoms. The monoisotopic (exact) mass is 337 g/mol. The SMILES string of the molecule is CC1(C(=O)O)Cc2sc(NC(=O)C3CCCCC3)cc2OC1=O. The smallest absolute Gasteiger partial charge is 0.329 e. The van der Waals surface area contributed by atoms with E-state index in [-0.39, 0.29) is 18.2 Å². The first-order valence-electron chi connectivity index (χ1n) is 7.79. The molecule has 1 aliphatic heterocycles. The van der Waals surface area contributed by atoms with Gasteiger partial charge in [0.1, 0.15) is 5.75 Å². The molecule has 1 unspecified atom stereocenters. The first-order valence-corrected chi connectivity index (χ1v) is 8.61. The molecule has 1 atom stereocenters. The third-order valence-electron chi connectivity index (χ3n) is 4.63. The van der Waals surface area contributed by atoms with E-state index >= 15 is 0 Å². The Morgan fingerprint density at radius 1 is 1.35 bits per heavy atom. The van der Waals surface area contributed by atoms with E-state index in [0.29, 0.717) is 15.6 Å². The second-order valence-electron chi connectivity index (χ2n) is 6.43. The average Bonchev–Trinajstić information content (AvgIpc) is 2.89. The number of carbonyl (C=O) groups excluding carboxylic acids is 2. The number of hydrogen-bond donors (Lipinski definition) is 2. The lowest BCUT2D eigenvalue weighted by Crippen LogP contribution is -2.43. The molecule has 0 radical (unpaired) electrons. The molecule has 3 rings (SSSR count). The summed E-state index contributed by atoms with van der Waals surface area (Å²) in [6.07, 6.45) is 5.23. The molecule has 1 aliphatic carbocycles. The molecule has 1 aromatic rings. The molecule has 124 valence electrons. The zero-order valence-corrected chi connectivity index (χ0v) is 13.7. The standard InChI is InChI=1S/C16H19NO5S/c1-16(14(19)20)8-11-10(22-15(16)21)7-12(23-11)17-13(18)9-5-3-2-4-6-9/h7,9H,2-6,8H2,1H3,(H,17,18)(H,19,20). The van der Waals surface area contributed by atoms with Gasteiger partial charge in [0, 0.05) is 18.4 Å². The van der Waals surface area contributed by atoms with Crippen molar-refractivity contribution in [3.63, 3.8) is 0 Å². The summed E-state index contributed by atoms with van der Waals surface area (Å²) in [6, 6.07) is 1.61. The molecule has 0 saturated heterocycles. The summed E-state index contributed by atoms with van der Waals surface area (Å²) < 4.78 is 5.16. The Bertz CT molecular complexity index is 661. The van der Waals surface area contributed by atoms with E-state index in [9.17, 15) is 19.5 Å². The van der Waals surface area contributed by atoms with Crippen LogP contribution in [-0.2, 0) is 20.8 Å². The van der Waals surface area contributed by atoms with E-state index in [1.54, 1.807) is 6.07 Å². The zero-order chi connectivity index (χ0) is 16.6. The normalized spacial score (nSPS) is 24.7. The minimum Gasteiger partial charge on any atom is -0.480 e. The summed E-state index contributed by atoms with van der Waals surface area (Å²) >= 11 is 1.28. The number of ether oxygens (including phenoxy) is 1. The van der Waals surface area contributed by atoms with Crippen molar-refractivity contribution in [1.29, 1.82) is 0 Å². The van der Waals surface area contributed by atoms with Crippen molar-refractivity contribution < 1.29 is 24.2 Å². The largest absolute Gasteiger partial charge is 0.480 e. The first kappa shape index (κ1) is 16.0. The second kappa shape index (κ2) is 5.96. The molecule has 0 aromatic carbocycles. The lowest BCUT2D eigenvalue weighted by molar-refractivity contribution is -0.162. The molecule has 0 bridgehead atoms. The minimum atomic E-state index is -1.57. The molecule has 23 heavy (non-hydrogen) atoms. The van der Waals surface area contributed by atoms with Gasteiger partial charge in [0.15, 0.2) is 5.41 Å². The number of fused-ring (bicyclic) bond motifs is 1. The number of aliphatic carboxylic acids is 1. The Hall–Kier alpha value is -1.89. The van der Waals surface area contributed by atoms with Crippen LogP contribution in [0.3, 0.4) is 0 Å². The number of nitrogens with one attached hydrogen (secondary N) is 1. The van der Waals surface area contributed by atoms with Crippen molar-refractivity contribution in [3.8, 4) is 5.75 Å². The topological polar surface area (TPSA) is 92.7 Å². The lowest BCUT2D eigenvalue weighted by atomic mass is 9.85. The number of carbonyl (C=O) groups is 3. The van der Waals surface area contributed by atoms with Gasteiger partial charge in [-0.1, -0.05) is 19.3 Å². The Kier molecular flexibility index (Phi) is 4.14. The summed E-state index contributed by atoms with van der Waals surface area (Å²) in [5.74, 6) is -1.57. The van der Waals surface area contributed by atoms with Crippen LogP contribution < -0.4 is 10.1 Å². The highest BCUT2D eigenvalue weighted by molar-refractivity contribution is 7.16. The summed E-state index contributed by atoms with van der Waals surface area (Å²) in [5, 5.41) is 12.7. The number of thiophene rings is 1. The van der Waals surface area contributed by atoms with E-state index in [1.165, 1.54) is 24.7 Å². The van der Waals surface area contributed by atoms with Crippen LogP contribution in [0.4, 0.5) is 5.00 Å². The first-order chi connectivity index (χ1) is 10.9. The fraction of sp³-hybridized carbons (Fsp3) is 0.562. The van der Waals surface area contributed by atoms with E-state index < -0.39 is 17.4 Å². The predicted molar refractivity (Wildman–Crippen MR) is 84.6 cm³/mol. The van der Waals surface area contributed by atoms with Crippen LogP contribution in [0.2, 0.25) is 0 Å². The number of rotatable bonds is 3. The number of anilines is 1. The van der Waals surface area contributed by atoms with Gasteiger partial charge in [-0.05, 0) is 19.8 Å². The van der Waals surface area contributed by atoms with Gasteiger partial charge in [0.25, 0.3) is 0 Å². The van der Waals surface area contributed by atoms with Gasteiger partial charge in [-0.2, -0.15) is 0 Å². The molecule has 1 saturated carbocycles. The predicted octanol–water partition coefficient (Wildman–Crippen LogP) is 2.82. The molecule has 2 N–H and O–H groups in total. The Balaban J connectivity index is 1.74. The van der Waals surface area contributed by atoms with Gasteiger partial charge in [0.05, 0.1) is 9.88 Å².